The van der Waals surface area contributed by atoms with Gasteiger partial charge < -0.3 is 9.84 Å². The minimum atomic E-state index is -0.569. The molecule has 0 aliphatic heterocycles. The molecule has 0 fully saturated rings. The van der Waals surface area contributed by atoms with E-state index in [0.29, 0.717) is 12.0 Å². The van der Waals surface area contributed by atoms with Crippen LogP contribution in [0.1, 0.15) is 29.8 Å². The van der Waals surface area contributed by atoms with Gasteiger partial charge in [0.25, 0.3) is 0 Å². The third kappa shape index (κ3) is 4.14. The third-order valence-corrected chi connectivity index (χ3v) is 2.68. The summed E-state index contributed by atoms with van der Waals surface area (Å²) >= 11 is 6.03. The fourth-order valence-corrected chi connectivity index (χ4v) is 1.82. The van der Waals surface area contributed by atoms with Crippen molar-refractivity contribution in [1.82, 2.24) is 0 Å². The van der Waals surface area contributed by atoms with E-state index in [1.54, 1.807) is 6.92 Å². The molecule has 1 aromatic carbocycles. The van der Waals surface area contributed by atoms with Crippen LogP contribution < -0.4 is 0 Å². The smallest absolute Gasteiger partial charge is 0.340 e. The zero-order chi connectivity index (χ0) is 14.6. The molecule has 0 amide bonds. The van der Waals surface area contributed by atoms with Crippen molar-refractivity contribution < 1.29 is 14.6 Å². The van der Waals surface area contributed by atoms with E-state index < -0.39 is 5.97 Å². The molecule has 0 aliphatic carbocycles. The molecular weight excluding hydrogens is 264 g/mol. The Kier molecular flexibility index (Phi) is 5.19. The summed E-state index contributed by atoms with van der Waals surface area (Å²) in [5, 5.41) is 10.1. The molecular formula is C15H17ClO3. The van der Waals surface area contributed by atoms with E-state index in [9.17, 15) is 9.90 Å². The first-order valence-electron chi connectivity index (χ1n) is 5.79. The lowest BCUT2D eigenvalue weighted by Gasteiger charge is -2.13. The molecule has 102 valence electrons. The summed E-state index contributed by atoms with van der Waals surface area (Å²) in [6, 6.07) is 2.92. The normalized spacial score (nSPS) is 10.1. The van der Waals surface area contributed by atoms with Crippen LogP contribution in [0, 0.1) is 0 Å². The van der Waals surface area contributed by atoms with Gasteiger partial charge in [0.15, 0.2) is 0 Å². The average Bonchev–Trinajstić information content (AvgIpc) is 2.30. The van der Waals surface area contributed by atoms with E-state index in [4.69, 9.17) is 16.3 Å². The van der Waals surface area contributed by atoms with Gasteiger partial charge in [-0.25, -0.2) is 4.79 Å². The maximum absolute atomic E-state index is 12.0. The first-order chi connectivity index (χ1) is 8.82. The highest BCUT2D eigenvalue weighted by Crippen LogP contribution is 2.30. The van der Waals surface area contributed by atoms with Crippen molar-refractivity contribution in [2.45, 2.75) is 20.3 Å². The van der Waals surface area contributed by atoms with Crippen LogP contribution in [0.4, 0.5) is 0 Å². The maximum atomic E-state index is 12.0. The summed E-state index contributed by atoms with van der Waals surface area (Å²) in [5.74, 6) is -0.560. The van der Waals surface area contributed by atoms with Crippen LogP contribution in [0.5, 0.6) is 5.75 Å². The fourth-order valence-electron chi connectivity index (χ4n) is 1.57. The number of carbonyl (C=O) groups excluding carboxylic acids is 1. The number of esters is 1. The van der Waals surface area contributed by atoms with Gasteiger partial charge in [0, 0.05) is 5.56 Å². The number of carbonyl (C=O) groups is 1. The van der Waals surface area contributed by atoms with Crippen molar-refractivity contribution in [3.63, 3.8) is 0 Å². The van der Waals surface area contributed by atoms with Crippen molar-refractivity contribution in [2.24, 2.45) is 0 Å². The largest absolute Gasteiger partial charge is 0.508 e. The predicted octanol–water partition coefficient (Wildman–Crippen LogP) is 3.90. The molecule has 0 heterocycles. The maximum Gasteiger partial charge on any atom is 0.340 e. The van der Waals surface area contributed by atoms with Gasteiger partial charge in [-0.15, -0.1) is 0 Å². The van der Waals surface area contributed by atoms with Gasteiger partial charge in [-0.3, -0.25) is 0 Å². The number of ether oxygens (including phenoxy) is 1. The quantitative estimate of drug-likeness (QED) is 0.657. The molecule has 1 aromatic rings. The number of aromatic hydroxyl groups is 1. The molecule has 1 N–H and O–H groups in total. The molecule has 0 spiro atoms. The zero-order valence-corrected chi connectivity index (χ0v) is 11.9. The highest BCUT2D eigenvalue weighted by atomic mass is 35.5. The molecule has 0 aromatic heterocycles. The Bertz CT molecular complexity index is 532. The Morgan fingerprint density at radius 1 is 1.32 bits per heavy atom. The highest BCUT2D eigenvalue weighted by Gasteiger charge is 2.20. The van der Waals surface area contributed by atoms with E-state index in [-0.39, 0.29) is 22.9 Å². The average molecular weight is 281 g/mol. The Labute approximate surface area is 118 Å². The Morgan fingerprint density at radius 2 is 1.95 bits per heavy atom. The van der Waals surface area contributed by atoms with Crippen LogP contribution in [-0.2, 0) is 11.2 Å². The summed E-state index contributed by atoms with van der Waals surface area (Å²) in [6.45, 7) is 11.1. The molecule has 1 rings (SSSR count). The lowest BCUT2D eigenvalue weighted by atomic mass is 10.00. The van der Waals surface area contributed by atoms with Gasteiger partial charge >= 0.3 is 5.97 Å². The molecule has 19 heavy (non-hydrogen) atoms. The van der Waals surface area contributed by atoms with Gasteiger partial charge in [0.1, 0.15) is 12.4 Å². The number of phenolic OH excluding ortho intramolecular Hbond substituents is 1. The standard InChI is InChI=1S/C15H17ClO3/c1-9(2)7-11-13(17)6-5-12(16)14(11)15(18)19-8-10(3)4/h5-6,17H,1,3,7-8H2,2,4H3. The van der Waals surface area contributed by atoms with E-state index in [1.807, 2.05) is 6.92 Å². The van der Waals surface area contributed by atoms with Gasteiger partial charge in [0.05, 0.1) is 10.6 Å². The minimum Gasteiger partial charge on any atom is -0.508 e. The van der Waals surface area contributed by atoms with Crippen molar-refractivity contribution >= 4 is 17.6 Å². The third-order valence-electron chi connectivity index (χ3n) is 2.37. The molecule has 0 atom stereocenters. The summed E-state index contributed by atoms with van der Waals surface area (Å²) in [5.41, 5.74) is 2.16. The topological polar surface area (TPSA) is 46.5 Å². The summed E-state index contributed by atoms with van der Waals surface area (Å²) in [4.78, 5) is 12.0. The van der Waals surface area contributed by atoms with Gasteiger partial charge in [-0.1, -0.05) is 30.3 Å². The van der Waals surface area contributed by atoms with Gasteiger partial charge in [-0.2, -0.15) is 0 Å². The zero-order valence-electron chi connectivity index (χ0n) is 11.1. The lowest BCUT2D eigenvalue weighted by molar-refractivity contribution is 0.0539. The van der Waals surface area contributed by atoms with E-state index in [1.165, 1.54) is 12.1 Å². The van der Waals surface area contributed by atoms with E-state index in [0.717, 1.165) is 11.1 Å². The summed E-state index contributed by atoms with van der Waals surface area (Å²) in [7, 11) is 0. The number of hydrogen-bond donors (Lipinski definition) is 1. The lowest BCUT2D eigenvalue weighted by Crippen LogP contribution is -2.11. The Balaban J connectivity index is 3.16. The first kappa shape index (κ1) is 15.3. The van der Waals surface area contributed by atoms with Crippen LogP contribution in [0.25, 0.3) is 0 Å². The molecule has 0 aliphatic rings. The van der Waals surface area contributed by atoms with E-state index in [2.05, 4.69) is 13.2 Å². The fraction of sp³-hybridized carbons (Fsp3) is 0.267. The number of rotatable bonds is 5. The molecule has 0 unspecified atom stereocenters. The Morgan fingerprint density at radius 3 is 2.47 bits per heavy atom. The van der Waals surface area contributed by atoms with E-state index >= 15 is 0 Å². The molecule has 3 nitrogen and oxygen atoms in total. The SMILES string of the molecule is C=C(C)COC(=O)c1c(Cl)ccc(O)c1CC(=C)C. The Hall–Kier alpha value is -1.74. The van der Waals surface area contributed by atoms with Gasteiger partial charge in [0.2, 0.25) is 0 Å². The number of benzene rings is 1. The molecule has 0 radical (unpaired) electrons. The van der Waals surface area contributed by atoms with Crippen LogP contribution in [0.2, 0.25) is 5.02 Å². The van der Waals surface area contributed by atoms with Crippen molar-refractivity contribution in [3.05, 3.63) is 52.6 Å². The van der Waals surface area contributed by atoms with Crippen LogP contribution in [0.15, 0.2) is 36.4 Å². The van der Waals surface area contributed by atoms with Crippen LogP contribution in [0.3, 0.4) is 0 Å². The number of phenols is 1. The molecule has 0 bridgehead atoms. The summed E-state index contributed by atoms with van der Waals surface area (Å²) in [6.07, 6.45) is 0.365. The monoisotopic (exact) mass is 280 g/mol. The first-order valence-corrected chi connectivity index (χ1v) is 6.17. The van der Waals surface area contributed by atoms with Crippen molar-refractivity contribution in [3.8, 4) is 5.75 Å². The van der Waals surface area contributed by atoms with Crippen LogP contribution >= 0.6 is 11.6 Å². The number of halogens is 1. The van der Waals surface area contributed by atoms with Crippen LogP contribution in [-0.4, -0.2) is 17.7 Å². The highest BCUT2D eigenvalue weighted by molar-refractivity contribution is 6.33. The van der Waals surface area contributed by atoms with Crippen molar-refractivity contribution in [2.75, 3.05) is 6.61 Å². The molecule has 4 heteroatoms. The molecule has 0 saturated carbocycles. The second-order valence-corrected chi connectivity index (χ2v) is 4.99. The second kappa shape index (κ2) is 6.43. The number of allylic oxidation sites excluding steroid dienone is 1. The minimum absolute atomic E-state index is 0.00896. The number of hydrogen-bond acceptors (Lipinski definition) is 3. The van der Waals surface area contributed by atoms with Gasteiger partial charge in [-0.05, 0) is 38.0 Å². The van der Waals surface area contributed by atoms with Crippen molar-refractivity contribution in [1.29, 1.82) is 0 Å². The second-order valence-electron chi connectivity index (χ2n) is 4.59. The predicted molar refractivity (Wildman–Crippen MR) is 76.7 cm³/mol. The molecule has 0 saturated heterocycles. The summed E-state index contributed by atoms with van der Waals surface area (Å²) < 4.78 is 5.08.